The van der Waals surface area contributed by atoms with Crippen molar-refractivity contribution in [2.45, 2.75) is 12.0 Å². The van der Waals surface area contributed by atoms with Crippen LogP contribution in [0.2, 0.25) is 0 Å². The van der Waals surface area contributed by atoms with Gasteiger partial charge >= 0.3 is 0 Å². The lowest BCUT2D eigenvalue weighted by Gasteiger charge is -2.30. The maximum absolute atomic E-state index is 3.63. The van der Waals surface area contributed by atoms with Gasteiger partial charge in [0, 0.05) is 13.1 Å². The van der Waals surface area contributed by atoms with Gasteiger partial charge in [0.25, 0.3) is 0 Å². The highest BCUT2D eigenvalue weighted by Crippen LogP contribution is 2.42. The molecule has 1 fully saturated rings. The Morgan fingerprint density at radius 3 is 3.20 bits per heavy atom. The fourth-order valence-electron chi connectivity index (χ4n) is 2.78. The number of hydrogen-bond donors (Lipinski definition) is 2. The van der Waals surface area contributed by atoms with Crippen molar-refractivity contribution in [1.29, 1.82) is 0 Å². The predicted octanol–water partition coefficient (Wildman–Crippen LogP) is 1.30. The van der Waals surface area contributed by atoms with Gasteiger partial charge in [-0.05, 0) is 30.2 Å². The van der Waals surface area contributed by atoms with E-state index in [0.29, 0.717) is 0 Å². The van der Waals surface area contributed by atoms with Crippen LogP contribution in [0, 0.1) is 0 Å². The molecule has 1 spiro atoms. The van der Waals surface area contributed by atoms with Gasteiger partial charge in [0.15, 0.2) is 0 Å². The molecule has 15 heavy (non-hydrogen) atoms. The summed E-state index contributed by atoms with van der Waals surface area (Å²) in [6, 6.07) is 0. The summed E-state index contributed by atoms with van der Waals surface area (Å²) in [5.41, 5.74) is 4.35. The molecule has 3 aliphatic rings. The number of likely N-dealkylation sites (N-methyl/N-ethyl adjacent to an activating group) is 1. The smallest absolute Gasteiger partial charge is 0.0847 e. The van der Waals surface area contributed by atoms with E-state index in [9.17, 15) is 0 Å². The molecule has 0 radical (unpaired) electrons. The lowest BCUT2D eigenvalue weighted by molar-refractivity contribution is 0.623. The quantitative estimate of drug-likeness (QED) is 0.702. The molecule has 0 aromatic carbocycles. The van der Waals surface area contributed by atoms with Crippen LogP contribution < -0.4 is 10.6 Å². The number of nitrogens with one attached hydrogen (secondary N) is 2. The summed E-state index contributed by atoms with van der Waals surface area (Å²) in [6.45, 7) is 2.04. The zero-order valence-corrected chi connectivity index (χ0v) is 9.01. The van der Waals surface area contributed by atoms with Crippen molar-refractivity contribution in [3.8, 4) is 0 Å². The predicted molar refractivity (Wildman–Crippen MR) is 62.7 cm³/mol. The highest BCUT2D eigenvalue weighted by atomic mass is 15.0. The largest absolute Gasteiger partial charge is 0.316 e. The van der Waals surface area contributed by atoms with Gasteiger partial charge in [0.2, 0.25) is 0 Å². The number of hydrogen-bond acceptors (Lipinski definition) is 2. The molecule has 2 nitrogen and oxygen atoms in total. The van der Waals surface area contributed by atoms with E-state index in [1.807, 2.05) is 7.05 Å². The molecule has 1 unspecified atom stereocenters. The third-order valence-corrected chi connectivity index (χ3v) is 3.48. The fourth-order valence-corrected chi connectivity index (χ4v) is 2.78. The Morgan fingerprint density at radius 1 is 1.40 bits per heavy atom. The summed E-state index contributed by atoms with van der Waals surface area (Å²) < 4.78 is 0. The lowest BCUT2D eigenvalue weighted by Crippen LogP contribution is -2.41. The minimum atomic E-state index is 0.0565. The Bertz CT molecular complexity index is 412. The van der Waals surface area contributed by atoms with E-state index in [2.05, 4.69) is 41.0 Å². The van der Waals surface area contributed by atoms with Crippen LogP contribution in [0.15, 0.2) is 47.1 Å². The summed E-state index contributed by atoms with van der Waals surface area (Å²) in [7, 11) is 1.99. The van der Waals surface area contributed by atoms with Gasteiger partial charge in [-0.2, -0.15) is 0 Å². The SMILES string of the molecule is CNCC1=CC23NCCC2=CC=C3C=C1. The van der Waals surface area contributed by atoms with E-state index >= 15 is 0 Å². The second-order valence-corrected chi connectivity index (χ2v) is 4.38. The van der Waals surface area contributed by atoms with Gasteiger partial charge in [-0.3, -0.25) is 0 Å². The molecule has 2 heteroatoms. The zero-order chi connectivity index (χ0) is 10.3. The van der Waals surface area contributed by atoms with Gasteiger partial charge in [-0.15, -0.1) is 0 Å². The van der Waals surface area contributed by atoms with E-state index in [0.717, 1.165) is 13.1 Å². The Labute approximate surface area is 90.4 Å². The summed E-state index contributed by atoms with van der Waals surface area (Å²) >= 11 is 0. The van der Waals surface area contributed by atoms with Crippen molar-refractivity contribution >= 4 is 0 Å². The molecule has 0 aromatic rings. The summed E-state index contributed by atoms with van der Waals surface area (Å²) in [4.78, 5) is 0. The monoisotopic (exact) mass is 200 g/mol. The molecule has 3 rings (SSSR count). The summed E-state index contributed by atoms with van der Waals surface area (Å²) in [6.07, 6.45) is 12.5. The van der Waals surface area contributed by atoms with Crippen molar-refractivity contribution in [1.82, 2.24) is 10.6 Å². The van der Waals surface area contributed by atoms with E-state index in [1.54, 1.807) is 0 Å². The van der Waals surface area contributed by atoms with Gasteiger partial charge in [-0.25, -0.2) is 0 Å². The molecule has 2 aliphatic carbocycles. The van der Waals surface area contributed by atoms with Crippen molar-refractivity contribution in [2.24, 2.45) is 0 Å². The molecule has 0 bridgehead atoms. The fraction of sp³-hybridized carbons (Fsp3) is 0.385. The van der Waals surface area contributed by atoms with Crippen LogP contribution in [0.4, 0.5) is 0 Å². The molecule has 0 saturated carbocycles. The van der Waals surface area contributed by atoms with Crippen LogP contribution in [0.5, 0.6) is 0 Å². The second kappa shape index (κ2) is 3.19. The van der Waals surface area contributed by atoms with E-state index in [4.69, 9.17) is 0 Å². The molecular formula is C13H16N2. The highest BCUT2D eigenvalue weighted by molar-refractivity contribution is 5.61. The maximum Gasteiger partial charge on any atom is 0.0847 e. The zero-order valence-electron chi connectivity index (χ0n) is 9.01. The first-order chi connectivity index (χ1) is 7.35. The van der Waals surface area contributed by atoms with Crippen molar-refractivity contribution in [3.05, 3.63) is 47.1 Å². The molecule has 2 N–H and O–H groups in total. The second-order valence-electron chi connectivity index (χ2n) is 4.38. The Morgan fingerprint density at radius 2 is 2.33 bits per heavy atom. The van der Waals surface area contributed by atoms with Gasteiger partial charge < -0.3 is 10.6 Å². The molecule has 1 atom stereocenters. The molecule has 1 saturated heterocycles. The van der Waals surface area contributed by atoms with Crippen LogP contribution >= 0.6 is 0 Å². The minimum absolute atomic E-state index is 0.0565. The van der Waals surface area contributed by atoms with Crippen LogP contribution in [0.3, 0.4) is 0 Å². The topological polar surface area (TPSA) is 24.1 Å². The summed E-state index contributed by atoms with van der Waals surface area (Å²) in [5, 5.41) is 6.84. The minimum Gasteiger partial charge on any atom is -0.316 e. The van der Waals surface area contributed by atoms with E-state index in [1.165, 1.54) is 23.1 Å². The third kappa shape index (κ3) is 1.18. The summed E-state index contributed by atoms with van der Waals surface area (Å²) in [5.74, 6) is 0. The first-order valence-electron chi connectivity index (χ1n) is 5.56. The number of allylic oxidation sites excluding steroid dienone is 2. The molecule has 0 amide bonds. The molecule has 1 aliphatic heterocycles. The lowest BCUT2D eigenvalue weighted by atomic mass is 9.82. The van der Waals surface area contributed by atoms with E-state index < -0.39 is 0 Å². The van der Waals surface area contributed by atoms with Crippen molar-refractivity contribution in [3.63, 3.8) is 0 Å². The molecule has 1 heterocycles. The Kier molecular flexibility index (Phi) is 1.94. The number of rotatable bonds is 2. The molecule has 78 valence electrons. The van der Waals surface area contributed by atoms with Gasteiger partial charge in [0.05, 0.1) is 5.54 Å². The van der Waals surface area contributed by atoms with Crippen LogP contribution in [0.25, 0.3) is 0 Å². The van der Waals surface area contributed by atoms with E-state index in [-0.39, 0.29) is 5.54 Å². The maximum atomic E-state index is 3.63. The van der Waals surface area contributed by atoms with Crippen LogP contribution in [-0.2, 0) is 0 Å². The average molecular weight is 200 g/mol. The molecular weight excluding hydrogens is 184 g/mol. The Hall–Kier alpha value is -1.12. The highest BCUT2D eigenvalue weighted by Gasteiger charge is 2.42. The average Bonchev–Trinajstić information content (AvgIpc) is 2.74. The van der Waals surface area contributed by atoms with Crippen molar-refractivity contribution in [2.75, 3.05) is 20.1 Å². The Balaban J connectivity index is 2.01. The molecule has 0 aromatic heterocycles. The first kappa shape index (κ1) is 9.13. The van der Waals surface area contributed by atoms with Crippen molar-refractivity contribution < 1.29 is 0 Å². The van der Waals surface area contributed by atoms with Gasteiger partial charge in [0.1, 0.15) is 0 Å². The normalized spacial score (nSPS) is 31.9. The van der Waals surface area contributed by atoms with Crippen LogP contribution in [-0.4, -0.2) is 25.7 Å². The standard InChI is InChI=1S/C13H16N2/c1-14-9-10-2-3-11-4-5-12-6-7-15-13(11,12)8-10/h2-5,8,14-15H,6-7,9H2,1H3. The van der Waals surface area contributed by atoms with Crippen LogP contribution in [0.1, 0.15) is 6.42 Å². The first-order valence-corrected chi connectivity index (χ1v) is 5.56. The van der Waals surface area contributed by atoms with Gasteiger partial charge in [-0.1, -0.05) is 30.4 Å². The third-order valence-electron chi connectivity index (χ3n) is 3.48.